The van der Waals surface area contributed by atoms with Crippen molar-refractivity contribution in [2.24, 2.45) is 0 Å². The van der Waals surface area contributed by atoms with Gasteiger partial charge in [0.25, 0.3) is 0 Å². The number of aromatic nitrogens is 4. The van der Waals surface area contributed by atoms with Gasteiger partial charge in [-0.3, -0.25) is 0 Å². The summed E-state index contributed by atoms with van der Waals surface area (Å²) in [6, 6.07) is 77.4. The van der Waals surface area contributed by atoms with E-state index in [1.165, 1.54) is 43.7 Å². The molecule has 62 heavy (non-hydrogen) atoms. The normalized spacial score (nSPS) is 14.1. The summed E-state index contributed by atoms with van der Waals surface area (Å²) in [5, 5.41) is 2.45. The van der Waals surface area contributed by atoms with E-state index < -0.39 is 12.8 Å². The van der Waals surface area contributed by atoms with Crippen LogP contribution in [0.3, 0.4) is 0 Å². The Morgan fingerprint density at radius 1 is 0.323 bits per heavy atom. The van der Waals surface area contributed by atoms with Crippen LogP contribution in [0.15, 0.2) is 240 Å². The fourth-order valence-electron chi connectivity index (χ4n) is 11.3. The number of fused-ring (bicyclic) bond motifs is 8. The summed E-state index contributed by atoms with van der Waals surface area (Å²) in [5.74, 6) is 1.82. The van der Waals surface area contributed by atoms with Crippen molar-refractivity contribution in [3.05, 3.63) is 231 Å². The first-order valence-corrected chi connectivity index (χ1v) is 21.4. The Morgan fingerprint density at radius 2 is 0.661 bits per heavy atom. The zero-order valence-corrected chi connectivity index (χ0v) is 33.7. The van der Waals surface area contributed by atoms with Crippen molar-refractivity contribution in [1.29, 1.82) is 0 Å². The van der Waals surface area contributed by atoms with Gasteiger partial charge in [-0.15, -0.1) is 21.9 Å². The second-order valence-corrected chi connectivity index (χ2v) is 16.6. The predicted octanol–water partition coefficient (Wildman–Crippen LogP) is 8.62. The Kier molecular flexibility index (Phi) is 7.40. The number of para-hydroxylation sites is 6. The van der Waals surface area contributed by atoms with E-state index in [1.54, 1.807) is 0 Å². The SMILES string of the molecule is c1ccc([B-]2(c3ccccc3)n3ccc4cccc(c43)-c3oc4ccccc4[n+]32)cc1.c1ccc([B-]2(c3ccccc3)n3ccc4cccc(c43)-c3oc4ccccc4[n+]32)cc1. The highest BCUT2D eigenvalue weighted by Gasteiger charge is 2.52. The van der Waals surface area contributed by atoms with Crippen LogP contribution in [0.25, 0.3) is 66.9 Å². The Labute approximate surface area is 357 Å². The van der Waals surface area contributed by atoms with E-state index in [0.29, 0.717) is 0 Å². The maximum atomic E-state index is 6.57. The molecule has 4 aromatic heterocycles. The molecule has 0 bridgehead atoms. The van der Waals surface area contributed by atoms with Crippen LogP contribution in [-0.4, -0.2) is 21.8 Å². The minimum absolute atomic E-state index is 0.901. The molecule has 0 unspecified atom stereocenters. The van der Waals surface area contributed by atoms with Crippen molar-refractivity contribution < 1.29 is 17.8 Å². The van der Waals surface area contributed by atoms with Crippen LogP contribution < -0.4 is 30.8 Å². The molecule has 0 atom stereocenters. The average Bonchev–Trinajstić information content (AvgIpc) is 4.16. The van der Waals surface area contributed by atoms with Gasteiger partial charge < -0.3 is 26.7 Å². The molecule has 0 saturated carbocycles. The second kappa shape index (κ2) is 13.2. The molecule has 0 saturated heterocycles. The van der Waals surface area contributed by atoms with Crippen LogP contribution in [0, 0.1) is 0 Å². The van der Waals surface area contributed by atoms with Crippen LogP contribution in [-0.2, 0) is 0 Å². The lowest BCUT2D eigenvalue weighted by Crippen LogP contribution is -2.83. The number of hydrogen-bond acceptors (Lipinski definition) is 2. The zero-order chi connectivity index (χ0) is 40.8. The summed E-state index contributed by atoms with van der Waals surface area (Å²) >= 11 is 0. The molecule has 6 nitrogen and oxygen atoms in total. The summed E-state index contributed by atoms with van der Waals surface area (Å²) in [7, 11) is 0. The maximum Gasteiger partial charge on any atom is 0.437 e. The van der Waals surface area contributed by atoms with Crippen molar-refractivity contribution in [3.63, 3.8) is 0 Å². The van der Waals surface area contributed by atoms with Gasteiger partial charge >= 0.3 is 24.6 Å². The summed E-state index contributed by atoms with van der Waals surface area (Å²) < 4.78 is 23.0. The molecule has 8 heteroatoms. The molecule has 2 aliphatic heterocycles. The van der Waals surface area contributed by atoms with Gasteiger partial charge in [0.05, 0.1) is 0 Å². The van der Waals surface area contributed by atoms with Gasteiger partial charge in [0, 0.05) is 23.2 Å². The molecule has 2 aliphatic rings. The fraction of sp³-hybridized carbons (Fsp3) is 0. The first-order valence-electron chi connectivity index (χ1n) is 21.4. The molecule has 0 spiro atoms. The maximum absolute atomic E-state index is 6.57. The van der Waals surface area contributed by atoms with E-state index in [1.807, 2.05) is 12.1 Å². The van der Waals surface area contributed by atoms with E-state index in [2.05, 4.69) is 237 Å². The molecule has 8 aromatic carbocycles. The quantitative estimate of drug-likeness (QED) is 0.168. The van der Waals surface area contributed by atoms with Crippen molar-refractivity contribution >= 4 is 78.7 Å². The molecule has 12 aromatic rings. The van der Waals surface area contributed by atoms with Gasteiger partial charge in [-0.1, -0.05) is 170 Å². The number of rotatable bonds is 4. The van der Waals surface area contributed by atoms with Gasteiger partial charge in [0.15, 0.2) is 11.2 Å². The highest BCUT2D eigenvalue weighted by molar-refractivity contribution is 6.96. The summed E-state index contributed by atoms with van der Waals surface area (Å²) in [6.07, 6.45) is 1.36. The lowest BCUT2D eigenvalue weighted by Gasteiger charge is -2.40. The molecule has 14 rings (SSSR count). The van der Waals surface area contributed by atoms with Gasteiger partial charge in [0.2, 0.25) is 11.0 Å². The summed E-state index contributed by atoms with van der Waals surface area (Å²) in [5.41, 5.74) is 13.7. The van der Waals surface area contributed by atoms with Gasteiger partial charge in [-0.2, -0.15) is 0 Å². The summed E-state index contributed by atoms with van der Waals surface area (Å²) in [4.78, 5) is 0. The van der Waals surface area contributed by atoms with Crippen LogP contribution in [0.5, 0.6) is 0 Å². The number of oxazole rings is 2. The summed E-state index contributed by atoms with van der Waals surface area (Å²) in [6.45, 7) is 0. The van der Waals surface area contributed by atoms with E-state index in [-0.39, 0.29) is 0 Å². The fourth-order valence-corrected chi connectivity index (χ4v) is 11.3. The first kappa shape index (κ1) is 34.7. The van der Waals surface area contributed by atoms with Crippen molar-refractivity contribution in [3.8, 4) is 22.9 Å². The lowest BCUT2D eigenvalue weighted by molar-refractivity contribution is -0.509. The molecule has 0 aliphatic carbocycles. The molecule has 292 valence electrons. The number of hydrogen-bond donors (Lipinski definition) is 0. The highest BCUT2D eigenvalue weighted by Crippen LogP contribution is 2.38. The number of nitrogens with zero attached hydrogens (tertiary/aromatic N) is 4. The van der Waals surface area contributed by atoms with Gasteiger partial charge in [0.1, 0.15) is 11.1 Å². The van der Waals surface area contributed by atoms with Crippen molar-refractivity contribution in [2.75, 3.05) is 0 Å². The molecule has 0 fully saturated rings. The van der Waals surface area contributed by atoms with Crippen LogP contribution >= 0.6 is 0 Å². The number of benzene rings is 8. The Balaban J connectivity index is 0.000000126. The molecule has 6 heterocycles. The van der Waals surface area contributed by atoms with E-state index in [4.69, 9.17) is 8.83 Å². The van der Waals surface area contributed by atoms with E-state index in [0.717, 1.165) is 45.1 Å². The van der Waals surface area contributed by atoms with Crippen molar-refractivity contribution in [2.45, 2.75) is 0 Å². The lowest BCUT2D eigenvalue weighted by atomic mass is 9.36. The van der Waals surface area contributed by atoms with Gasteiger partial charge in [-0.25, -0.2) is 0 Å². The third-order valence-electron chi connectivity index (χ3n) is 13.7. The second-order valence-electron chi connectivity index (χ2n) is 16.6. The average molecular weight is 797 g/mol. The van der Waals surface area contributed by atoms with E-state index in [9.17, 15) is 0 Å². The Morgan fingerprint density at radius 3 is 1.03 bits per heavy atom. The minimum atomic E-state index is -1.56. The molecule has 0 N–H and O–H groups in total. The topological polar surface area (TPSA) is 43.9 Å². The third kappa shape index (κ3) is 4.55. The smallest absolute Gasteiger partial charge is 0.437 e. The Bertz CT molecular complexity index is 3330. The molecular formula is C54H38B2N4O2. The third-order valence-corrected chi connectivity index (χ3v) is 13.7. The van der Waals surface area contributed by atoms with Crippen LogP contribution in [0.2, 0.25) is 0 Å². The van der Waals surface area contributed by atoms with Crippen LogP contribution in [0.4, 0.5) is 0 Å². The van der Waals surface area contributed by atoms with Crippen molar-refractivity contribution in [1.82, 2.24) is 8.96 Å². The molecule has 0 radical (unpaired) electrons. The largest absolute Gasteiger partial charge is 0.452 e. The molecule has 0 amide bonds. The van der Waals surface area contributed by atoms with Crippen LogP contribution in [0.1, 0.15) is 0 Å². The Hall–Kier alpha value is -8.09. The zero-order valence-electron chi connectivity index (χ0n) is 33.7. The predicted molar refractivity (Wildman–Crippen MR) is 252 cm³/mol. The monoisotopic (exact) mass is 796 g/mol. The molecular weight excluding hydrogens is 758 g/mol. The van der Waals surface area contributed by atoms with Gasteiger partial charge in [-0.05, 0) is 59.6 Å². The first-order chi connectivity index (χ1) is 30.8. The highest BCUT2D eigenvalue weighted by atomic mass is 16.4. The standard InChI is InChI=1S/2C27H19BN2O/c2*1-3-11-21(12-4-1)28(22-13-5-2-6-14-22)29-19-18-20-10-9-15-23(26(20)29)27-30(28)24-16-7-8-17-25(24)31-27/h2*1-19H. The van der Waals surface area contributed by atoms with E-state index >= 15 is 0 Å². The minimum Gasteiger partial charge on any atom is -0.452 e.